The van der Waals surface area contributed by atoms with Gasteiger partial charge in [0.2, 0.25) is 0 Å². The van der Waals surface area contributed by atoms with Crippen molar-refractivity contribution in [3.63, 3.8) is 0 Å². The van der Waals surface area contributed by atoms with Crippen LogP contribution in [0, 0.1) is 6.92 Å². The lowest BCUT2D eigenvalue weighted by Gasteiger charge is -2.14. The van der Waals surface area contributed by atoms with E-state index in [1.807, 2.05) is 13.0 Å². The van der Waals surface area contributed by atoms with Gasteiger partial charge in [0.15, 0.2) is 0 Å². The number of para-hydroxylation sites is 1. The molecule has 1 aromatic carbocycles. The van der Waals surface area contributed by atoms with Gasteiger partial charge in [0, 0.05) is 10.4 Å². The van der Waals surface area contributed by atoms with Crippen molar-refractivity contribution in [3.8, 4) is 5.75 Å². The summed E-state index contributed by atoms with van der Waals surface area (Å²) in [6, 6.07) is 8.65. The number of benzene rings is 1. The van der Waals surface area contributed by atoms with E-state index in [9.17, 15) is 8.78 Å². The first-order valence-electron chi connectivity index (χ1n) is 5.42. The van der Waals surface area contributed by atoms with Gasteiger partial charge in [0.05, 0.1) is 9.16 Å². The van der Waals surface area contributed by atoms with Gasteiger partial charge in [-0.3, -0.25) is 0 Å². The van der Waals surface area contributed by atoms with Gasteiger partial charge in [-0.25, -0.2) is 0 Å². The molecule has 0 aliphatic carbocycles. The second kappa shape index (κ2) is 6.20. The molecular formula is C13H10BrClF2OS. The van der Waals surface area contributed by atoms with Crippen molar-refractivity contribution in [2.24, 2.45) is 0 Å². The molecule has 1 atom stereocenters. The van der Waals surface area contributed by atoms with Crippen LogP contribution in [-0.4, -0.2) is 6.61 Å². The van der Waals surface area contributed by atoms with Crippen molar-refractivity contribution < 1.29 is 13.5 Å². The Bertz CT molecular complexity index is 554. The highest BCUT2D eigenvalue weighted by Gasteiger charge is 2.19. The van der Waals surface area contributed by atoms with E-state index >= 15 is 0 Å². The molecule has 1 nitrogen and oxygen atoms in total. The maximum absolute atomic E-state index is 12.4. The highest BCUT2D eigenvalue weighted by Crippen LogP contribution is 2.42. The van der Waals surface area contributed by atoms with Gasteiger partial charge in [-0.2, -0.15) is 8.78 Å². The van der Waals surface area contributed by atoms with Gasteiger partial charge >= 0.3 is 6.61 Å². The number of hydrogen-bond donors (Lipinski definition) is 0. The summed E-state index contributed by atoms with van der Waals surface area (Å²) in [6.07, 6.45) is 0. The van der Waals surface area contributed by atoms with E-state index < -0.39 is 6.61 Å². The third kappa shape index (κ3) is 3.46. The fourth-order valence-electron chi connectivity index (χ4n) is 1.65. The van der Waals surface area contributed by atoms with Gasteiger partial charge in [-0.05, 0) is 24.6 Å². The zero-order chi connectivity index (χ0) is 14.0. The molecule has 0 radical (unpaired) electrons. The number of ether oxygens (including phenoxy) is 1. The molecule has 0 fully saturated rings. The molecule has 6 heteroatoms. The second-order valence-corrected chi connectivity index (χ2v) is 6.49. The van der Waals surface area contributed by atoms with Crippen molar-refractivity contribution in [2.75, 3.05) is 0 Å². The fraction of sp³-hybridized carbons (Fsp3) is 0.231. The smallest absolute Gasteiger partial charge is 0.387 e. The molecule has 1 heterocycles. The minimum absolute atomic E-state index is 0.168. The first kappa shape index (κ1) is 14.8. The Labute approximate surface area is 127 Å². The van der Waals surface area contributed by atoms with E-state index in [-0.39, 0.29) is 10.6 Å². The fourth-order valence-corrected chi connectivity index (χ4v) is 3.66. The third-order valence-electron chi connectivity index (χ3n) is 2.53. The molecule has 2 rings (SSSR count). The molecule has 0 spiro atoms. The van der Waals surface area contributed by atoms with Crippen LogP contribution in [0.4, 0.5) is 8.78 Å². The topological polar surface area (TPSA) is 9.23 Å². The molecule has 1 aromatic heterocycles. The number of hydrogen-bond acceptors (Lipinski definition) is 2. The maximum atomic E-state index is 12.4. The van der Waals surface area contributed by atoms with Crippen molar-refractivity contribution in [1.29, 1.82) is 0 Å². The number of rotatable bonds is 4. The summed E-state index contributed by atoms with van der Waals surface area (Å²) in [6.45, 7) is -0.932. The molecule has 2 aromatic rings. The lowest BCUT2D eigenvalue weighted by atomic mass is 10.1. The summed E-state index contributed by atoms with van der Waals surface area (Å²) in [5.41, 5.74) is 1.62. The SMILES string of the molecule is Cc1cc(C(Br)c2ccccc2OC(F)F)sc1Cl. The summed E-state index contributed by atoms with van der Waals surface area (Å²) in [7, 11) is 0. The van der Waals surface area contributed by atoms with E-state index in [2.05, 4.69) is 20.7 Å². The van der Waals surface area contributed by atoms with Crippen molar-refractivity contribution in [3.05, 3.63) is 50.7 Å². The van der Waals surface area contributed by atoms with Crippen LogP contribution in [0.2, 0.25) is 4.34 Å². The lowest BCUT2D eigenvalue weighted by molar-refractivity contribution is -0.0503. The standard InChI is InChI=1S/C13H10BrClF2OS/c1-7-6-10(19-12(7)15)11(14)8-4-2-3-5-9(8)18-13(16)17/h2-6,11,13H,1H3. The normalized spacial score (nSPS) is 12.7. The molecular weight excluding hydrogens is 358 g/mol. The van der Waals surface area contributed by atoms with E-state index in [1.54, 1.807) is 18.2 Å². The van der Waals surface area contributed by atoms with Crippen LogP contribution >= 0.6 is 38.9 Å². The molecule has 0 aliphatic heterocycles. The van der Waals surface area contributed by atoms with E-state index in [4.69, 9.17) is 11.6 Å². The molecule has 0 aliphatic rings. The Morgan fingerprint density at radius 2 is 2.00 bits per heavy atom. The maximum Gasteiger partial charge on any atom is 0.387 e. The number of aryl methyl sites for hydroxylation is 1. The third-order valence-corrected chi connectivity index (χ3v) is 5.44. The minimum Gasteiger partial charge on any atom is -0.434 e. The van der Waals surface area contributed by atoms with E-state index in [1.165, 1.54) is 17.4 Å². The van der Waals surface area contributed by atoms with Crippen LogP contribution in [0.25, 0.3) is 0 Å². The van der Waals surface area contributed by atoms with Crippen LogP contribution in [0.15, 0.2) is 30.3 Å². The van der Waals surface area contributed by atoms with Gasteiger partial charge in [0.25, 0.3) is 0 Å². The van der Waals surface area contributed by atoms with Gasteiger partial charge in [-0.1, -0.05) is 45.7 Å². The van der Waals surface area contributed by atoms with Crippen LogP contribution in [0.5, 0.6) is 5.75 Å². The number of alkyl halides is 3. The summed E-state index contributed by atoms with van der Waals surface area (Å²) in [5, 5.41) is 0. The summed E-state index contributed by atoms with van der Waals surface area (Å²) < 4.78 is 30.0. The largest absolute Gasteiger partial charge is 0.434 e. The number of thiophene rings is 1. The Morgan fingerprint density at radius 1 is 1.32 bits per heavy atom. The molecule has 1 unspecified atom stereocenters. The van der Waals surface area contributed by atoms with Crippen LogP contribution < -0.4 is 4.74 Å². The summed E-state index contributed by atoms with van der Waals surface area (Å²) >= 11 is 11.0. The zero-order valence-corrected chi connectivity index (χ0v) is 13.0. The first-order chi connectivity index (χ1) is 8.99. The highest BCUT2D eigenvalue weighted by molar-refractivity contribution is 9.09. The second-order valence-electron chi connectivity index (χ2n) is 3.88. The van der Waals surface area contributed by atoms with Gasteiger partial charge in [-0.15, -0.1) is 11.3 Å². The predicted octanol–water partition coefficient (Wildman–Crippen LogP) is 5.80. The Balaban J connectivity index is 2.35. The average molecular weight is 368 g/mol. The summed E-state index contributed by atoms with van der Waals surface area (Å²) in [5.74, 6) is 0.168. The number of halogens is 4. The van der Waals surface area contributed by atoms with Crippen LogP contribution in [-0.2, 0) is 0 Å². The van der Waals surface area contributed by atoms with Crippen molar-refractivity contribution in [2.45, 2.75) is 18.4 Å². The Morgan fingerprint density at radius 3 is 2.58 bits per heavy atom. The first-order valence-corrected chi connectivity index (χ1v) is 7.53. The quantitative estimate of drug-likeness (QED) is 0.621. The Hall–Kier alpha value is -0.650. The molecule has 0 amide bonds. The Kier molecular flexibility index (Phi) is 4.81. The van der Waals surface area contributed by atoms with Crippen molar-refractivity contribution >= 4 is 38.9 Å². The predicted molar refractivity (Wildman–Crippen MR) is 77.9 cm³/mol. The molecule has 0 saturated heterocycles. The molecule has 0 saturated carbocycles. The van der Waals surface area contributed by atoms with Gasteiger partial charge < -0.3 is 4.74 Å². The van der Waals surface area contributed by atoms with E-state index in [0.717, 1.165) is 10.4 Å². The molecule has 0 N–H and O–H groups in total. The lowest BCUT2D eigenvalue weighted by Crippen LogP contribution is -2.05. The minimum atomic E-state index is -2.84. The molecule has 19 heavy (non-hydrogen) atoms. The average Bonchev–Trinajstić information content (AvgIpc) is 2.69. The van der Waals surface area contributed by atoms with Crippen LogP contribution in [0.1, 0.15) is 20.8 Å². The van der Waals surface area contributed by atoms with E-state index in [0.29, 0.717) is 9.90 Å². The monoisotopic (exact) mass is 366 g/mol. The van der Waals surface area contributed by atoms with Gasteiger partial charge in [0.1, 0.15) is 5.75 Å². The van der Waals surface area contributed by atoms with Crippen molar-refractivity contribution in [1.82, 2.24) is 0 Å². The highest BCUT2D eigenvalue weighted by atomic mass is 79.9. The zero-order valence-electron chi connectivity index (χ0n) is 9.87. The summed E-state index contributed by atoms with van der Waals surface area (Å²) in [4.78, 5) is 0.728. The van der Waals surface area contributed by atoms with Crippen LogP contribution in [0.3, 0.4) is 0 Å². The molecule has 102 valence electrons. The molecule has 0 bridgehead atoms.